The van der Waals surface area contributed by atoms with Gasteiger partial charge in [0.1, 0.15) is 0 Å². The summed E-state index contributed by atoms with van der Waals surface area (Å²) in [5, 5.41) is 18.3. The first-order valence-corrected chi connectivity index (χ1v) is 5.46. The third-order valence-electron chi connectivity index (χ3n) is 2.72. The van der Waals surface area contributed by atoms with Crippen LogP contribution in [0.25, 0.3) is 11.1 Å². The Balaban J connectivity index is 2.75. The molecule has 0 saturated carbocycles. The van der Waals surface area contributed by atoms with E-state index >= 15 is 0 Å². The standard InChI is InChI=1S/C14H11NO4/c15-8-5-6-11(14(18)19)12(7-8)9-3-1-2-4-10(9)13(16)17/h1-7H,15H2,(H,16,17)(H,18,19). The molecule has 0 atom stereocenters. The lowest BCUT2D eigenvalue weighted by Crippen LogP contribution is -2.04. The van der Waals surface area contributed by atoms with Crippen LogP contribution in [0.4, 0.5) is 5.69 Å². The van der Waals surface area contributed by atoms with Gasteiger partial charge in [-0.2, -0.15) is 0 Å². The van der Waals surface area contributed by atoms with Crippen molar-refractivity contribution in [1.29, 1.82) is 0 Å². The maximum Gasteiger partial charge on any atom is 0.336 e. The molecule has 2 aromatic rings. The van der Waals surface area contributed by atoms with E-state index in [1.165, 1.54) is 24.3 Å². The summed E-state index contributed by atoms with van der Waals surface area (Å²) in [6.45, 7) is 0. The molecule has 0 unspecified atom stereocenters. The summed E-state index contributed by atoms with van der Waals surface area (Å²) < 4.78 is 0. The molecule has 2 rings (SSSR count). The van der Waals surface area contributed by atoms with Gasteiger partial charge in [0.25, 0.3) is 0 Å². The molecule has 0 radical (unpaired) electrons. The fourth-order valence-electron chi connectivity index (χ4n) is 1.88. The fraction of sp³-hybridized carbons (Fsp3) is 0. The molecule has 96 valence electrons. The summed E-state index contributed by atoms with van der Waals surface area (Å²) in [5.41, 5.74) is 6.71. The van der Waals surface area contributed by atoms with Crippen molar-refractivity contribution in [1.82, 2.24) is 0 Å². The molecule has 4 N–H and O–H groups in total. The highest BCUT2D eigenvalue weighted by Crippen LogP contribution is 2.29. The molecular weight excluding hydrogens is 246 g/mol. The third-order valence-corrected chi connectivity index (χ3v) is 2.72. The fourth-order valence-corrected chi connectivity index (χ4v) is 1.88. The maximum absolute atomic E-state index is 11.2. The molecule has 0 aliphatic carbocycles. The zero-order valence-corrected chi connectivity index (χ0v) is 9.83. The van der Waals surface area contributed by atoms with Crippen LogP contribution in [0, 0.1) is 0 Å². The minimum Gasteiger partial charge on any atom is -0.478 e. The van der Waals surface area contributed by atoms with Crippen LogP contribution in [0.2, 0.25) is 0 Å². The lowest BCUT2D eigenvalue weighted by atomic mass is 9.95. The van der Waals surface area contributed by atoms with Crippen LogP contribution in [0.3, 0.4) is 0 Å². The van der Waals surface area contributed by atoms with Crippen molar-refractivity contribution < 1.29 is 19.8 Å². The molecule has 2 aromatic carbocycles. The summed E-state index contributed by atoms with van der Waals surface area (Å²) >= 11 is 0. The highest BCUT2D eigenvalue weighted by molar-refractivity contribution is 6.02. The van der Waals surface area contributed by atoms with Crippen molar-refractivity contribution in [2.24, 2.45) is 0 Å². The van der Waals surface area contributed by atoms with E-state index in [9.17, 15) is 9.59 Å². The number of nitrogen functional groups attached to an aromatic ring is 1. The summed E-state index contributed by atoms with van der Waals surface area (Å²) in [7, 11) is 0. The van der Waals surface area contributed by atoms with Gasteiger partial charge in [-0.05, 0) is 35.4 Å². The highest BCUT2D eigenvalue weighted by atomic mass is 16.4. The minimum absolute atomic E-state index is 0.0166. The Kier molecular flexibility index (Phi) is 3.20. The van der Waals surface area contributed by atoms with Gasteiger partial charge in [0, 0.05) is 5.69 Å². The quantitative estimate of drug-likeness (QED) is 0.732. The Morgan fingerprint density at radius 3 is 2.05 bits per heavy atom. The second kappa shape index (κ2) is 4.81. The van der Waals surface area contributed by atoms with E-state index in [2.05, 4.69) is 0 Å². The summed E-state index contributed by atoms with van der Waals surface area (Å²) in [5.74, 6) is -2.25. The Bertz CT molecular complexity index is 664. The van der Waals surface area contributed by atoms with E-state index in [1.54, 1.807) is 18.2 Å². The predicted octanol–water partition coefficient (Wildman–Crippen LogP) is 2.33. The van der Waals surface area contributed by atoms with Gasteiger partial charge < -0.3 is 15.9 Å². The molecule has 0 spiro atoms. The highest BCUT2D eigenvalue weighted by Gasteiger charge is 2.17. The molecule has 5 heteroatoms. The van der Waals surface area contributed by atoms with E-state index in [0.29, 0.717) is 16.8 Å². The lowest BCUT2D eigenvalue weighted by Gasteiger charge is -2.10. The van der Waals surface area contributed by atoms with Gasteiger partial charge in [0.15, 0.2) is 0 Å². The average molecular weight is 257 g/mol. The van der Waals surface area contributed by atoms with Gasteiger partial charge in [-0.15, -0.1) is 0 Å². The van der Waals surface area contributed by atoms with Gasteiger partial charge in [-0.3, -0.25) is 0 Å². The third kappa shape index (κ3) is 2.40. The van der Waals surface area contributed by atoms with Crippen molar-refractivity contribution in [3.05, 3.63) is 53.6 Å². The average Bonchev–Trinajstić information content (AvgIpc) is 2.38. The Morgan fingerprint density at radius 1 is 0.842 bits per heavy atom. The minimum atomic E-state index is -1.13. The van der Waals surface area contributed by atoms with Crippen molar-refractivity contribution in [3.8, 4) is 11.1 Å². The molecule has 0 heterocycles. The van der Waals surface area contributed by atoms with E-state index < -0.39 is 11.9 Å². The Hall–Kier alpha value is -2.82. The molecular formula is C14H11NO4. The van der Waals surface area contributed by atoms with E-state index in [1.807, 2.05) is 0 Å². The van der Waals surface area contributed by atoms with Gasteiger partial charge >= 0.3 is 11.9 Å². The van der Waals surface area contributed by atoms with Gasteiger partial charge in [0.05, 0.1) is 11.1 Å². The number of anilines is 1. The zero-order chi connectivity index (χ0) is 14.0. The molecule has 0 bridgehead atoms. The molecule has 0 saturated heterocycles. The summed E-state index contributed by atoms with van der Waals surface area (Å²) in [4.78, 5) is 22.4. The van der Waals surface area contributed by atoms with Crippen molar-refractivity contribution in [2.75, 3.05) is 5.73 Å². The number of carboxylic acid groups (broad SMARTS) is 2. The molecule has 0 aliphatic rings. The monoisotopic (exact) mass is 257 g/mol. The van der Waals surface area contributed by atoms with Crippen LogP contribution >= 0.6 is 0 Å². The second-order valence-electron chi connectivity index (χ2n) is 3.96. The number of nitrogens with two attached hydrogens (primary N) is 1. The number of hydrogen-bond acceptors (Lipinski definition) is 3. The summed E-state index contributed by atoms with van der Waals surface area (Å²) in [6.07, 6.45) is 0. The first-order chi connectivity index (χ1) is 9.00. The normalized spacial score (nSPS) is 10.1. The van der Waals surface area contributed by atoms with Gasteiger partial charge in [-0.1, -0.05) is 18.2 Å². The van der Waals surface area contributed by atoms with Crippen LogP contribution in [-0.2, 0) is 0 Å². The Morgan fingerprint density at radius 2 is 1.42 bits per heavy atom. The number of rotatable bonds is 3. The van der Waals surface area contributed by atoms with E-state index in [0.717, 1.165) is 0 Å². The summed E-state index contributed by atoms with van der Waals surface area (Å²) in [6, 6.07) is 10.5. The van der Waals surface area contributed by atoms with Gasteiger partial charge in [-0.25, -0.2) is 9.59 Å². The van der Waals surface area contributed by atoms with Gasteiger partial charge in [0.2, 0.25) is 0 Å². The number of aromatic carboxylic acids is 2. The van der Waals surface area contributed by atoms with E-state index in [-0.39, 0.29) is 11.1 Å². The molecule has 5 nitrogen and oxygen atoms in total. The number of benzene rings is 2. The van der Waals surface area contributed by atoms with Crippen LogP contribution in [0.1, 0.15) is 20.7 Å². The van der Waals surface area contributed by atoms with Crippen LogP contribution in [0.5, 0.6) is 0 Å². The smallest absolute Gasteiger partial charge is 0.336 e. The van der Waals surface area contributed by atoms with Crippen molar-refractivity contribution in [3.63, 3.8) is 0 Å². The Labute approximate surface area is 108 Å². The molecule has 19 heavy (non-hydrogen) atoms. The predicted molar refractivity (Wildman–Crippen MR) is 70.2 cm³/mol. The molecule has 0 amide bonds. The van der Waals surface area contributed by atoms with Crippen LogP contribution < -0.4 is 5.73 Å². The van der Waals surface area contributed by atoms with Crippen LogP contribution in [-0.4, -0.2) is 22.2 Å². The van der Waals surface area contributed by atoms with Crippen molar-refractivity contribution in [2.45, 2.75) is 0 Å². The van der Waals surface area contributed by atoms with Crippen molar-refractivity contribution >= 4 is 17.6 Å². The largest absolute Gasteiger partial charge is 0.478 e. The maximum atomic E-state index is 11.2. The first kappa shape index (κ1) is 12.6. The number of carboxylic acids is 2. The lowest BCUT2D eigenvalue weighted by molar-refractivity contribution is 0.0684. The zero-order valence-electron chi connectivity index (χ0n) is 9.83. The second-order valence-corrected chi connectivity index (χ2v) is 3.96. The molecule has 0 fully saturated rings. The number of carbonyl (C=O) groups is 2. The SMILES string of the molecule is Nc1ccc(C(=O)O)c(-c2ccccc2C(=O)O)c1. The molecule has 0 aliphatic heterocycles. The molecule has 0 aromatic heterocycles. The number of hydrogen-bond donors (Lipinski definition) is 3. The van der Waals surface area contributed by atoms with Crippen LogP contribution in [0.15, 0.2) is 42.5 Å². The topological polar surface area (TPSA) is 101 Å². The first-order valence-electron chi connectivity index (χ1n) is 5.46. The van der Waals surface area contributed by atoms with E-state index in [4.69, 9.17) is 15.9 Å².